The van der Waals surface area contributed by atoms with E-state index in [0.717, 1.165) is 16.0 Å². The summed E-state index contributed by atoms with van der Waals surface area (Å²) in [6, 6.07) is 7.35. The summed E-state index contributed by atoms with van der Waals surface area (Å²) in [7, 11) is 1.62. The Kier molecular flexibility index (Phi) is 5.30. The van der Waals surface area contributed by atoms with Gasteiger partial charge < -0.3 is 18.6 Å². The molecular weight excluding hydrogens is 342 g/mol. The van der Waals surface area contributed by atoms with Crippen LogP contribution in [0.2, 0.25) is 0 Å². The van der Waals surface area contributed by atoms with Crippen molar-refractivity contribution >= 4 is 27.5 Å². The highest BCUT2D eigenvalue weighted by molar-refractivity contribution is 7.16. The van der Waals surface area contributed by atoms with Crippen LogP contribution < -0.4 is 9.54 Å². The largest absolute Gasteiger partial charge is 0.497 e. The van der Waals surface area contributed by atoms with Gasteiger partial charge in [-0.05, 0) is 32.0 Å². The summed E-state index contributed by atoms with van der Waals surface area (Å²) in [4.78, 5) is 17.2. The summed E-state index contributed by atoms with van der Waals surface area (Å²) in [5, 5.41) is 3.73. The van der Waals surface area contributed by atoms with E-state index in [4.69, 9.17) is 14.0 Å². The minimum atomic E-state index is -0.454. The lowest BCUT2D eigenvalue weighted by molar-refractivity contribution is 0.0961. The molecule has 132 valence electrons. The molecule has 0 spiro atoms. The van der Waals surface area contributed by atoms with E-state index < -0.39 is 5.91 Å². The van der Waals surface area contributed by atoms with Gasteiger partial charge in [-0.15, -0.1) is 0 Å². The zero-order valence-electron chi connectivity index (χ0n) is 14.3. The molecule has 3 rings (SSSR count). The molecule has 0 aliphatic rings. The molecule has 7 nitrogen and oxygen atoms in total. The van der Waals surface area contributed by atoms with Gasteiger partial charge in [-0.25, -0.2) is 0 Å². The van der Waals surface area contributed by atoms with Crippen molar-refractivity contribution in [2.75, 3.05) is 20.3 Å². The van der Waals surface area contributed by atoms with Crippen molar-refractivity contribution in [1.82, 2.24) is 9.72 Å². The van der Waals surface area contributed by atoms with Crippen LogP contribution in [0.3, 0.4) is 0 Å². The van der Waals surface area contributed by atoms with Crippen LogP contribution in [0.25, 0.3) is 10.2 Å². The molecule has 1 amide bonds. The van der Waals surface area contributed by atoms with E-state index in [1.54, 1.807) is 20.1 Å². The molecule has 25 heavy (non-hydrogen) atoms. The summed E-state index contributed by atoms with van der Waals surface area (Å²) in [6.07, 6.45) is 0. The number of carbonyl (C=O) groups excluding carboxylic acids is 1. The second kappa shape index (κ2) is 7.62. The van der Waals surface area contributed by atoms with Gasteiger partial charge in [0.1, 0.15) is 5.75 Å². The Hall–Kier alpha value is -2.45. The van der Waals surface area contributed by atoms with Gasteiger partial charge in [-0.1, -0.05) is 16.5 Å². The van der Waals surface area contributed by atoms with Crippen LogP contribution in [0.5, 0.6) is 5.75 Å². The van der Waals surface area contributed by atoms with Crippen molar-refractivity contribution in [2.45, 2.75) is 20.4 Å². The average Bonchev–Trinajstić information content (AvgIpc) is 3.18. The molecule has 0 bridgehead atoms. The van der Waals surface area contributed by atoms with Crippen LogP contribution in [-0.4, -0.2) is 36.0 Å². The van der Waals surface area contributed by atoms with Gasteiger partial charge in [0.05, 0.1) is 29.6 Å². The number of methoxy groups -OCH3 is 1. The van der Waals surface area contributed by atoms with E-state index >= 15 is 0 Å². The zero-order valence-corrected chi connectivity index (χ0v) is 15.1. The standard InChI is InChI=1S/C17H19N3O4S/c1-4-23-8-7-20-13-6-5-12(22-3)10-15(13)25-17(20)18-16(21)14-9-11(2)19-24-14/h5-6,9-10H,4,7-8H2,1-3H3. The highest BCUT2D eigenvalue weighted by Crippen LogP contribution is 2.23. The van der Waals surface area contributed by atoms with Crippen molar-refractivity contribution in [3.63, 3.8) is 0 Å². The van der Waals surface area contributed by atoms with Crippen LogP contribution in [0.15, 0.2) is 33.8 Å². The summed E-state index contributed by atoms with van der Waals surface area (Å²) in [5.41, 5.74) is 1.62. The molecule has 0 saturated heterocycles. The smallest absolute Gasteiger partial charge is 0.318 e. The molecule has 0 fully saturated rings. The summed E-state index contributed by atoms with van der Waals surface area (Å²) in [6.45, 7) is 5.48. The number of hydrogen-bond acceptors (Lipinski definition) is 6. The lowest BCUT2D eigenvalue weighted by Crippen LogP contribution is -2.19. The number of nitrogens with zero attached hydrogens (tertiary/aromatic N) is 3. The number of benzene rings is 1. The first-order chi connectivity index (χ1) is 12.1. The summed E-state index contributed by atoms with van der Waals surface area (Å²) >= 11 is 1.42. The van der Waals surface area contributed by atoms with Gasteiger partial charge in [-0.2, -0.15) is 4.99 Å². The zero-order chi connectivity index (χ0) is 17.8. The summed E-state index contributed by atoms with van der Waals surface area (Å²) in [5.74, 6) is 0.433. The maximum Gasteiger partial charge on any atom is 0.318 e. The number of aryl methyl sites for hydroxylation is 1. The van der Waals surface area contributed by atoms with E-state index in [-0.39, 0.29) is 5.76 Å². The van der Waals surface area contributed by atoms with Gasteiger partial charge in [0.15, 0.2) is 4.80 Å². The van der Waals surface area contributed by atoms with Crippen molar-refractivity contribution in [2.24, 2.45) is 4.99 Å². The van der Waals surface area contributed by atoms with Gasteiger partial charge in [0.25, 0.3) is 0 Å². The Morgan fingerprint density at radius 1 is 1.40 bits per heavy atom. The molecule has 2 aromatic heterocycles. The van der Waals surface area contributed by atoms with Crippen molar-refractivity contribution in [1.29, 1.82) is 0 Å². The first kappa shape index (κ1) is 17.4. The van der Waals surface area contributed by atoms with E-state index in [1.165, 1.54) is 11.3 Å². The first-order valence-corrected chi connectivity index (χ1v) is 8.71. The Labute approximate surface area is 148 Å². The maximum absolute atomic E-state index is 12.3. The third-order valence-corrected chi connectivity index (χ3v) is 4.63. The normalized spacial score (nSPS) is 12.0. The highest BCUT2D eigenvalue weighted by Gasteiger charge is 2.13. The molecule has 8 heteroatoms. The Morgan fingerprint density at radius 3 is 2.92 bits per heavy atom. The Balaban J connectivity index is 2.06. The molecule has 2 heterocycles. The van der Waals surface area contributed by atoms with Gasteiger partial charge in [0, 0.05) is 19.2 Å². The van der Waals surface area contributed by atoms with Gasteiger partial charge >= 0.3 is 5.91 Å². The number of hydrogen-bond donors (Lipinski definition) is 0. The quantitative estimate of drug-likeness (QED) is 0.631. The first-order valence-electron chi connectivity index (χ1n) is 7.90. The minimum Gasteiger partial charge on any atom is -0.497 e. The molecule has 0 saturated carbocycles. The van der Waals surface area contributed by atoms with Crippen LogP contribution in [0, 0.1) is 6.92 Å². The van der Waals surface area contributed by atoms with Crippen LogP contribution in [-0.2, 0) is 11.3 Å². The second-order valence-electron chi connectivity index (χ2n) is 5.32. The lowest BCUT2D eigenvalue weighted by atomic mass is 10.3. The SMILES string of the molecule is CCOCCn1c(=NC(=O)c2cc(C)no2)sc2cc(OC)ccc21. The molecule has 0 unspecified atom stereocenters. The lowest BCUT2D eigenvalue weighted by Gasteiger charge is -2.05. The van der Waals surface area contributed by atoms with Gasteiger partial charge in [0.2, 0.25) is 5.76 Å². The molecule has 0 atom stereocenters. The topological polar surface area (TPSA) is 78.9 Å². The number of carbonyl (C=O) groups is 1. The molecule has 0 radical (unpaired) electrons. The number of ether oxygens (including phenoxy) is 2. The van der Waals surface area contributed by atoms with Gasteiger partial charge in [-0.3, -0.25) is 4.79 Å². The maximum atomic E-state index is 12.3. The fraction of sp³-hybridized carbons (Fsp3) is 0.353. The average molecular weight is 361 g/mol. The van der Waals surface area contributed by atoms with Crippen LogP contribution in [0.4, 0.5) is 0 Å². The number of aromatic nitrogens is 2. The third-order valence-electron chi connectivity index (χ3n) is 3.59. The van der Waals surface area contributed by atoms with E-state index in [0.29, 0.717) is 30.3 Å². The van der Waals surface area contributed by atoms with Crippen LogP contribution >= 0.6 is 11.3 Å². The number of fused-ring (bicyclic) bond motifs is 1. The number of thiazole rings is 1. The molecule has 0 N–H and O–H groups in total. The predicted molar refractivity (Wildman–Crippen MR) is 94.0 cm³/mol. The van der Waals surface area contributed by atoms with E-state index in [2.05, 4.69) is 10.1 Å². The summed E-state index contributed by atoms with van der Waals surface area (Å²) < 4.78 is 18.7. The predicted octanol–water partition coefficient (Wildman–Crippen LogP) is 2.79. The third kappa shape index (κ3) is 3.80. The number of rotatable bonds is 6. The molecule has 0 aliphatic carbocycles. The Morgan fingerprint density at radius 2 is 2.24 bits per heavy atom. The Bertz CT molecular complexity index is 954. The molecule has 1 aromatic carbocycles. The highest BCUT2D eigenvalue weighted by atomic mass is 32.1. The fourth-order valence-electron chi connectivity index (χ4n) is 2.39. The molecular formula is C17H19N3O4S. The van der Waals surface area contributed by atoms with E-state index in [1.807, 2.05) is 29.7 Å². The van der Waals surface area contributed by atoms with Crippen molar-refractivity contribution in [3.05, 3.63) is 40.5 Å². The minimum absolute atomic E-state index is 0.129. The van der Waals surface area contributed by atoms with Crippen molar-refractivity contribution < 1.29 is 18.8 Å². The number of amides is 1. The molecule has 3 aromatic rings. The monoisotopic (exact) mass is 361 g/mol. The van der Waals surface area contributed by atoms with Crippen LogP contribution in [0.1, 0.15) is 23.2 Å². The second-order valence-corrected chi connectivity index (χ2v) is 6.33. The van der Waals surface area contributed by atoms with Crippen molar-refractivity contribution in [3.8, 4) is 5.75 Å². The molecule has 0 aliphatic heterocycles. The fourth-order valence-corrected chi connectivity index (χ4v) is 3.47. The van der Waals surface area contributed by atoms with E-state index in [9.17, 15) is 4.79 Å².